The molecule has 2 heterocycles. The number of H-pyrrole nitrogens is 1. The molecule has 2 N–H and O–H groups in total. The third-order valence-electron chi connectivity index (χ3n) is 5.31. The van der Waals surface area contributed by atoms with Gasteiger partial charge in [0.2, 0.25) is 0 Å². The number of aryl methyl sites for hydroxylation is 2. The van der Waals surface area contributed by atoms with Gasteiger partial charge in [-0.3, -0.25) is 0 Å². The summed E-state index contributed by atoms with van der Waals surface area (Å²) < 4.78 is 1.83. The van der Waals surface area contributed by atoms with E-state index >= 15 is 0 Å². The first-order chi connectivity index (χ1) is 15.1. The van der Waals surface area contributed by atoms with E-state index in [2.05, 4.69) is 32.5 Å². The number of carboxylic acid groups (broad SMARTS) is 1. The van der Waals surface area contributed by atoms with E-state index in [1.54, 1.807) is 6.92 Å². The Hall–Kier alpha value is -3.81. The van der Waals surface area contributed by atoms with Crippen LogP contribution in [0.5, 0.6) is 0 Å². The SMILES string of the molecule is CCCCc1nc(C)c(C(=O)O)n1Cc1ccc(-c2ccccc2-c2nnn[nH]2)cc1. The largest absolute Gasteiger partial charge is 0.477 e. The number of imidazole rings is 1. The number of unbranched alkanes of at least 4 members (excludes halogenated alkanes) is 1. The fraction of sp³-hybridized carbons (Fsp3) is 0.261. The first kappa shape index (κ1) is 20.5. The number of aromatic carboxylic acids is 1. The van der Waals surface area contributed by atoms with Crippen molar-refractivity contribution in [2.24, 2.45) is 0 Å². The predicted octanol–water partition coefficient (Wildman–Crippen LogP) is 4.13. The molecule has 158 valence electrons. The maximum Gasteiger partial charge on any atom is 0.354 e. The van der Waals surface area contributed by atoms with E-state index in [9.17, 15) is 9.90 Å². The highest BCUT2D eigenvalue weighted by Crippen LogP contribution is 2.30. The second kappa shape index (κ2) is 8.91. The quantitative estimate of drug-likeness (QED) is 0.447. The zero-order valence-corrected chi connectivity index (χ0v) is 17.5. The van der Waals surface area contributed by atoms with E-state index in [1.165, 1.54) is 0 Å². The Morgan fingerprint density at radius 2 is 1.84 bits per heavy atom. The second-order valence-corrected chi connectivity index (χ2v) is 7.45. The molecule has 0 atom stereocenters. The number of aromatic amines is 1. The van der Waals surface area contributed by atoms with Crippen LogP contribution in [-0.2, 0) is 13.0 Å². The Kier molecular flexibility index (Phi) is 5.88. The molecule has 0 radical (unpaired) electrons. The summed E-state index contributed by atoms with van der Waals surface area (Å²) in [5.41, 5.74) is 4.80. The van der Waals surface area contributed by atoms with Gasteiger partial charge in [-0.1, -0.05) is 61.9 Å². The van der Waals surface area contributed by atoms with Gasteiger partial charge in [0, 0.05) is 18.5 Å². The van der Waals surface area contributed by atoms with Crippen molar-refractivity contribution in [3.63, 3.8) is 0 Å². The summed E-state index contributed by atoms with van der Waals surface area (Å²) in [6.07, 6.45) is 2.77. The Labute approximate surface area is 180 Å². The van der Waals surface area contributed by atoms with Crippen molar-refractivity contribution < 1.29 is 9.90 Å². The van der Waals surface area contributed by atoms with Crippen LogP contribution < -0.4 is 0 Å². The van der Waals surface area contributed by atoms with Crippen molar-refractivity contribution in [1.29, 1.82) is 0 Å². The van der Waals surface area contributed by atoms with Gasteiger partial charge in [-0.25, -0.2) is 14.9 Å². The van der Waals surface area contributed by atoms with Gasteiger partial charge in [-0.05, 0) is 40.5 Å². The predicted molar refractivity (Wildman–Crippen MR) is 117 cm³/mol. The summed E-state index contributed by atoms with van der Waals surface area (Å²) >= 11 is 0. The van der Waals surface area contributed by atoms with Crippen LogP contribution in [0.15, 0.2) is 48.5 Å². The smallest absolute Gasteiger partial charge is 0.354 e. The molecule has 0 aliphatic rings. The number of tetrazole rings is 1. The average molecular weight is 416 g/mol. The van der Waals surface area contributed by atoms with Crippen LogP contribution in [0.25, 0.3) is 22.5 Å². The van der Waals surface area contributed by atoms with E-state index in [4.69, 9.17) is 0 Å². The normalized spacial score (nSPS) is 11.0. The van der Waals surface area contributed by atoms with Crippen LogP contribution >= 0.6 is 0 Å². The molecule has 0 amide bonds. The van der Waals surface area contributed by atoms with Crippen LogP contribution in [0.1, 0.15) is 47.3 Å². The van der Waals surface area contributed by atoms with Crippen LogP contribution in [0, 0.1) is 6.92 Å². The van der Waals surface area contributed by atoms with E-state index < -0.39 is 5.97 Å². The third-order valence-corrected chi connectivity index (χ3v) is 5.31. The van der Waals surface area contributed by atoms with Gasteiger partial charge in [0.15, 0.2) is 11.5 Å². The first-order valence-electron chi connectivity index (χ1n) is 10.3. The summed E-state index contributed by atoms with van der Waals surface area (Å²) in [4.78, 5) is 16.4. The molecule has 8 nitrogen and oxygen atoms in total. The van der Waals surface area contributed by atoms with Gasteiger partial charge in [0.1, 0.15) is 5.82 Å². The minimum atomic E-state index is -0.945. The van der Waals surface area contributed by atoms with Crippen molar-refractivity contribution in [3.8, 4) is 22.5 Å². The van der Waals surface area contributed by atoms with Gasteiger partial charge < -0.3 is 9.67 Å². The first-order valence-corrected chi connectivity index (χ1v) is 10.3. The lowest BCUT2D eigenvalue weighted by atomic mass is 9.98. The summed E-state index contributed by atoms with van der Waals surface area (Å²) in [7, 11) is 0. The Morgan fingerprint density at radius 3 is 2.48 bits per heavy atom. The van der Waals surface area contributed by atoms with Gasteiger partial charge in [-0.15, -0.1) is 5.10 Å². The van der Waals surface area contributed by atoms with Crippen LogP contribution in [0.3, 0.4) is 0 Å². The number of carbonyl (C=O) groups is 1. The molecule has 2 aromatic carbocycles. The molecule has 0 saturated heterocycles. The summed E-state index contributed by atoms with van der Waals surface area (Å²) in [6.45, 7) is 4.34. The fourth-order valence-electron chi connectivity index (χ4n) is 3.78. The molecule has 0 aliphatic carbocycles. The molecule has 4 rings (SSSR count). The molecular weight excluding hydrogens is 392 g/mol. The zero-order chi connectivity index (χ0) is 21.8. The average Bonchev–Trinajstić information content (AvgIpc) is 3.41. The minimum absolute atomic E-state index is 0.262. The molecule has 31 heavy (non-hydrogen) atoms. The molecule has 0 saturated carbocycles. The minimum Gasteiger partial charge on any atom is -0.477 e. The van der Waals surface area contributed by atoms with Crippen molar-refractivity contribution in [2.75, 3.05) is 0 Å². The number of aromatic nitrogens is 6. The van der Waals surface area contributed by atoms with Crippen molar-refractivity contribution >= 4 is 5.97 Å². The Morgan fingerprint density at radius 1 is 1.10 bits per heavy atom. The van der Waals surface area contributed by atoms with Crippen LogP contribution in [0.4, 0.5) is 0 Å². The number of carboxylic acids is 1. The van der Waals surface area contributed by atoms with Gasteiger partial charge >= 0.3 is 5.97 Å². The summed E-state index contributed by atoms with van der Waals surface area (Å²) in [5, 5.41) is 23.9. The summed E-state index contributed by atoms with van der Waals surface area (Å²) in [6, 6.07) is 16.0. The number of hydrogen-bond acceptors (Lipinski definition) is 5. The van der Waals surface area contributed by atoms with Crippen molar-refractivity contribution in [3.05, 3.63) is 71.3 Å². The second-order valence-electron chi connectivity index (χ2n) is 7.45. The standard InChI is InChI=1S/C23H24N6O2/c1-3-4-9-20-24-15(2)21(23(30)31)29(20)14-16-10-12-17(13-11-16)18-7-5-6-8-19(18)22-25-27-28-26-22/h5-8,10-13H,3-4,9,14H2,1-2H3,(H,30,31)(H,25,26,27,28). The number of rotatable bonds is 8. The highest BCUT2D eigenvalue weighted by atomic mass is 16.4. The Bertz CT molecular complexity index is 1180. The highest BCUT2D eigenvalue weighted by molar-refractivity contribution is 5.87. The number of nitrogens with zero attached hydrogens (tertiary/aromatic N) is 5. The maximum atomic E-state index is 11.8. The molecule has 0 fully saturated rings. The molecule has 0 aliphatic heterocycles. The van der Waals surface area contributed by atoms with E-state index in [0.717, 1.165) is 47.3 Å². The van der Waals surface area contributed by atoms with Crippen LogP contribution in [-0.4, -0.2) is 41.3 Å². The van der Waals surface area contributed by atoms with E-state index in [0.29, 0.717) is 18.1 Å². The molecule has 0 unspecified atom stereocenters. The number of nitrogens with one attached hydrogen (secondary N) is 1. The topological polar surface area (TPSA) is 110 Å². The van der Waals surface area contributed by atoms with Gasteiger partial charge in [-0.2, -0.15) is 0 Å². The molecule has 0 bridgehead atoms. The lowest BCUT2D eigenvalue weighted by molar-refractivity contribution is 0.0684. The molecule has 2 aromatic heterocycles. The van der Waals surface area contributed by atoms with Gasteiger partial charge in [0.25, 0.3) is 0 Å². The third kappa shape index (κ3) is 4.23. The number of benzene rings is 2. The molecule has 8 heteroatoms. The molecular formula is C23H24N6O2. The van der Waals surface area contributed by atoms with Crippen molar-refractivity contribution in [1.82, 2.24) is 30.2 Å². The maximum absolute atomic E-state index is 11.8. The highest BCUT2D eigenvalue weighted by Gasteiger charge is 2.20. The molecule has 0 spiro atoms. The number of hydrogen-bond donors (Lipinski definition) is 2. The van der Waals surface area contributed by atoms with Crippen LogP contribution in [0.2, 0.25) is 0 Å². The molecule has 4 aromatic rings. The fourth-order valence-corrected chi connectivity index (χ4v) is 3.78. The van der Waals surface area contributed by atoms with E-state index in [1.807, 2.05) is 53.1 Å². The van der Waals surface area contributed by atoms with Gasteiger partial charge in [0.05, 0.1) is 5.69 Å². The lowest BCUT2D eigenvalue weighted by Gasteiger charge is -2.12. The summed E-state index contributed by atoms with van der Waals surface area (Å²) in [5.74, 6) is 0.489. The van der Waals surface area contributed by atoms with E-state index in [-0.39, 0.29) is 5.69 Å². The zero-order valence-electron chi connectivity index (χ0n) is 17.5. The Balaban J connectivity index is 1.65. The van der Waals surface area contributed by atoms with Crippen molar-refractivity contribution in [2.45, 2.75) is 39.7 Å². The monoisotopic (exact) mass is 416 g/mol. The lowest BCUT2D eigenvalue weighted by Crippen LogP contribution is -2.13.